The minimum absolute atomic E-state index is 0.200. The standard InChI is InChI=1S/C14H13ClN2O2/c1-3-12-8(2)10-6-9(15)7-11(14(10)19-12)17-13(18)4-5-16/h6-7H,3-4H2,1-2H3,(H,17,18). The molecule has 0 aliphatic carbocycles. The second kappa shape index (κ2) is 5.33. The van der Waals surface area contributed by atoms with E-state index in [0.717, 1.165) is 23.1 Å². The van der Waals surface area contributed by atoms with Gasteiger partial charge in [-0.2, -0.15) is 5.26 Å². The molecule has 0 aliphatic heterocycles. The highest BCUT2D eigenvalue weighted by atomic mass is 35.5. The van der Waals surface area contributed by atoms with Crippen molar-refractivity contribution < 1.29 is 9.21 Å². The number of nitrogens with one attached hydrogen (secondary N) is 1. The Balaban J connectivity index is 2.54. The summed E-state index contributed by atoms with van der Waals surface area (Å²) in [5.74, 6) is 0.492. The van der Waals surface area contributed by atoms with Crippen LogP contribution in [-0.2, 0) is 11.2 Å². The van der Waals surface area contributed by atoms with E-state index in [1.165, 1.54) is 0 Å². The molecule has 0 spiro atoms. The summed E-state index contributed by atoms with van der Waals surface area (Å²) in [5, 5.41) is 12.6. The molecule has 98 valence electrons. The van der Waals surface area contributed by atoms with Crippen molar-refractivity contribution in [1.82, 2.24) is 0 Å². The van der Waals surface area contributed by atoms with Crippen molar-refractivity contribution >= 4 is 34.2 Å². The van der Waals surface area contributed by atoms with Crippen LogP contribution in [-0.4, -0.2) is 5.91 Å². The second-order valence-corrected chi connectivity index (χ2v) is 4.65. The van der Waals surface area contributed by atoms with Crippen LogP contribution in [0.4, 0.5) is 5.69 Å². The van der Waals surface area contributed by atoms with Crippen LogP contribution in [0, 0.1) is 18.3 Å². The summed E-state index contributed by atoms with van der Waals surface area (Å²) in [6.07, 6.45) is 0.568. The molecule has 0 atom stereocenters. The lowest BCUT2D eigenvalue weighted by molar-refractivity contribution is -0.115. The van der Waals surface area contributed by atoms with Crippen LogP contribution in [0.5, 0.6) is 0 Å². The van der Waals surface area contributed by atoms with Crippen LogP contribution in [0.3, 0.4) is 0 Å². The first-order chi connectivity index (χ1) is 9.06. The van der Waals surface area contributed by atoms with Crippen LogP contribution in [0.2, 0.25) is 5.02 Å². The monoisotopic (exact) mass is 276 g/mol. The molecular formula is C14H13ClN2O2. The molecule has 19 heavy (non-hydrogen) atoms. The van der Waals surface area contributed by atoms with Crippen molar-refractivity contribution in [1.29, 1.82) is 5.26 Å². The Morgan fingerprint density at radius 1 is 1.53 bits per heavy atom. The fraction of sp³-hybridized carbons (Fsp3) is 0.286. The molecule has 0 bridgehead atoms. The molecule has 0 unspecified atom stereocenters. The number of nitrogens with zero attached hydrogens (tertiary/aromatic N) is 1. The maximum absolute atomic E-state index is 11.5. The van der Waals surface area contributed by atoms with Gasteiger partial charge in [0.2, 0.25) is 5.91 Å². The second-order valence-electron chi connectivity index (χ2n) is 4.22. The Labute approximate surface area is 116 Å². The van der Waals surface area contributed by atoms with Crippen LogP contribution >= 0.6 is 11.6 Å². The molecule has 4 nitrogen and oxygen atoms in total. The number of aryl methyl sites for hydroxylation is 2. The first kappa shape index (κ1) is 13.4. The Kier molecular flexibility index (Phi) is 3.77. The number of halogens is 1. The zero-order valence-electron chi connectivity index (χ0n) is 10.7. The number of carbonyl (C=O) groups is 1. The van der Waals surface area contributed by atoms with Crippen molar-refractivity contribution in [3.63, 3.8) is 0 Å². The third-order valence-corrected chi connectivity index (χ3v) is 3.15. The molecule has 2 aromatic rings. The van der Waals surface area contributed by atoms with Crippen LogP contribution in [0.25, 0.3) is 11.0 Å². The number of furan rings is 1. The van der Waals surface area contributed by atoms with E-state index in [0.29, 0.717) is 16.3 Å². The number of fused-ring (bicyclic) bond motifs is 1. The number of amides is 1. The van der Waals surface area contributed by atoms with Gasteiger partial charge in [0.25, 0.3) is 0 Å². The highest BCUT2D eigenvalue weighted by molar-refractivity contribution is 6.32. The lowest BCUT2D eigenvalue weighted by atomic mass is 10.1. The first-order valence-corrected chi connectivity index (χ1v) is 6.33. The number of carbonyl (C=O) groups excluding carboxylic acids is 1. The van der Waals surface area contributed by atoms with Gasteiger partial charge >= 0.3 is 0 Å². The Hall–Kier alpha value is -1.99. The quantitative estimate of drug-likeness (QED) is 0.927. The van der Waals surface area contributed by atoms with Crippen LogP contribution < -0.4 is 5.32 Å². The SMILES string of the molecule is CCc1oc2c(NC(=O)CC#N)cc(Cl)cc2c1C. The predicted octanol–water partition coefficient (Wildman–Crippen LogP) is 3.81. The Morgan fingerprint density at radius 3 is 2.89 bits per heavy atom. The van der Waals surface area contributed by atoms with Crippen molar-refractivity contribution in [3.05, 3.63) is 28.5 Å². The van der Waals surface area contributed by atoms with E-state index in [2.05, 4.69) is 5.32 Å². The minimum Gasteiger partial charge on any atom is -0.459 e. The number of anilines is 1. The molecule has 0 fully saturated rings. The average molecular weight is 277 g/mol. The van der Waals surface area contributed by atoms with Gasteiger partial charge in [-0.25, -0.2) is 0 Å². The van der Waals surface area contributed by atoms with Gasteiger partial charge in [-0.05, 0) is 24.6 Å². The van der Waals surface area contributed by atoms with Gasteiger partial charge in [0.1, 0.15) is 12.2 Å². The third kappa shape index (κ3) is 2.56. The van der Waals surface area contributed by atoms with E-state index >= 15 is 0 Å². The summed E-state index contributed by atoms with van der Waals surface area (Å²) in [4.78, 5) is 11.5. The minimum atomic E-state index is -0.377. The van der Waals surface area contributed by atoms with Crippen molar-refractivity contribution in [2.24, 2.45) is 0 Å². The molecule has 2 rings (SSSR count). The van der Waals surface area contributed by atoms with Gasteiger partial charge in [-0.15, -0.1) is 0 Å². The van der Waals surface area contributed by atoms with Crippen molar-refractivity contribution in [2.45, 2.75) is 26.7 Å². The van der Waals surface area contributed by atoms with Gasteiger partial charge in [0.15, 0.2) is 5.58 Å². The van der Waals surface area contributed by atoms with E-state index in [-0.39, 0.29) is 12.3 Å². The summed E-state index contributed by atoms with van der Waals surface area (Å²) < 4.78 is 5.76. The Morgan fingerprint density at radius 2 is 2.26 bits per heavy atom. The highest BCUT2D eigenvalue weighted by Crippen LogP contribution is 2.34. The molecule has 0 radical (unpaired) electrons. The number of hydrogen-bond donors (Lipinski definition) is 1. The van der Waals surface area contributed by atoms with Gasteiger partial charge in [0.05, 0.1) is 11.8 Å². The van der Waals surface area contributed by atoms with E-state index in [9.17, 15) is 4.79 Å². The molecule has 0 aliphatic rings. The number of nitriles is 1. The third-order valence-electron chi connectivity index (χ3n) is 2.94. The summed E-state index contributed by atoms with van der Waals surface area (Å²) >= 11 is 6.05. The predicted molar refractivity (Wildman–Crippen MR) is 74.2 cm³/mol. The van der Waals surface area contributed by atoms with Gasteiger partial charge in [0, 0.05) is 16.8 Å². The number of rotatable bonds is 3. The zero-order chi connectivity index (χ0) is 14.0. The molecule has 1 aromatic heterocycles. The molecule has 1 aromatic carbocycles. The lowest BCUT2D eigenvalue weighted by Gasteiger charge is -2.04. The molecule has 0 saturated heterocycles. The smallest absolute Gasteiger partial charge is 0.238 e. The number of benzene rings is 1. The topological polar surface area (TPSA) is 66.0 Å². The normalized spacial score (nSPS) is 10.4. The molecule has 0 saturated carbocycles. The van der Waals surface area contributed by atoms with Gasteiger partial charge in [-0.3, -0.25) is 4.79 Å². The van der Waals surface area contributed by atoms with Crippen molar-refractivity contribution in [2.75, 3.05) is 5.32 Å². The largest absolute Gasteiger partial charge is 0.459 e. The van der Waals surface area contributed by atoms with Crippen LogP contribution in [0.15, 0.2) is 16.5 Å². The summed E-state index contributed by atoms with van der Waals surface area (Å²) in [6, 6.07) is 5.24. The summed E-state index contributed by atoms with van der Waals surface area (Å²) in [6.45, 7) is 3.96. The zero-order valence-corrected chi connectivity index (χ0v) is 11.5. The molecule has 1 amide bonds. The number of hydrogen-bond acceptors (Lipinski definition) is 3. The van der Waals surface area contributed by atoms with Gasteiger partial charge < -0.3 is 9.73 Å². The van der Waals surface area contributed by atoms with E-state index in [1.807, 2.05) is 19.9 Å². The highest BCUT2D eigenvalue weighted by Gasteiger charge is 2.15. The molecule has 1 heterocycles. The molecule has 1 N–H and O–H groups in total. The maximum Gasteiger partial charge on any atom is 0.238 e. The lowest BCUT2D eigenvalue weighted by Crippen LogP contribution is -2.10. The van der Waals surface area contributed by atoms with E-state index in [4.69, 9.17) is 21.3 Å². The van der Waals surface area contributed by atoms with Crippen LogP contribution in [0.1, 0.15) is 24.7 Å². The van der Waals surface area contributed by atoms with E-state index in [1.54, 1.807) is 12.1 Å². The first-order valence-electron chi connectivity index (χ1n) is 5.95. The Bertz CT molecular complexity index is 683. The fourth-order valence-electron chi connectivity index (χ4n) is 2.03. The van der Waals surface area contributed by atoms with E-state index < -0.39 is 0 Å². The summed E-state index contributed by atoms with van der Waals surface area (Å²) in [7, 11) is 0. The fourth-order valence-corrected chi connectivity index (χ4v) is 2.25. The van der Waals surface area contributed by atoms with Crippen molar-refractivity contribution in [3.8, 4) is 6.07 Å². The molecule has 5 heteroatoms. The maximum atomic E-state index is 11.5. The van der Waals surface area contributed by atoms with Gasteiger partial charge in [-0.1, -0.05) is 18.5 Å². The average Bonchev–Trinajstić information content (AvgIpc) is 2.67. The molecular weight excluding hydrogens is 264 g/mol. The summed E-state index contributed by atoms with van der Waals surface area (Å²) in [5.41, 5.74) is 2.13.